The van der Waals surface area contributed by atoms with Gasteiger partial charge in [-0.3, -0.25) is 0 Å². The zero-order chi connectivity index (χ0) is 9.26. The van der Waals surface area contributed by atoms with Crippen molar-refractivity contribution in [2.75, 3.05) is 6.61 Å². The molecule has 0 unspecified atom stereocenters. The molecule has 1 aromatic rings. The minimum atomic E-state index is -1.02. The van der Waals surface area contributed by atoms with E-state index in [4.69, 9.17) is 9.84 Å². The van der Waals surface area contributed by atoms with Gasteiger partial charge in [-0.05, 0) is 12.8 Å². The molecule has 0 aromatic carbocycles. The maximum Gasteiger partial charge on any atom is 0.354 e. The highest BCUT2D eigenvalue weighted by atomic mass is 16.5. The topological polar surface area (TPSA) is 59.4 Å². The average Bonchev–Trinajstić information content (AvgIpc) is 2.17. The first-order chi connectivity index (χ1) is 6.27. The number of carbonyl (C=O) groups is 1. The van der Waals surface area contributed by atoms with Crippen molar-refractivity contribution in [2.45, 2.75) is 12.8 Å². The zero-order valence-corrected chi connectivity index (χ0v) is 6.99. The van der Waals surface area contributed by atoms with Gasteiger partial charge in [-0.25, -0.2) is 9.78 Å². The molecule has 0 radical (unpaired) electrons. The summed E-state index contributed by atoms with van der Waals surface area (Å²) >= 11 is 0. The first-order valence-corrected chi connectivity index (χ1v) is 4.12. The Balaban J connectivity index is 2.40. The Labute approximate surface area is 75.2 Å². The fraction of sp³-hybridized carbons (Fsp3) is 0.333. The van der Waals surface area contributed by atoms with Gasteiger partial charge in [0.15, 0.2) is 5.69 Å². The number of fused-ring (bicyclic) bond motifs is 1. The van der Waals surface area contributed by atoms with Crippen LogP contribution >= 0.6 is 0 Å². The number of ether oxygens (including phenoxy) is 1. The van der Waals surface area contributed by atoms with Gasteiger partial charge >= 0.3 is 5.97 Å². The van der Waals surface area contributed by atoms with Crippen LogP contribution in [0.5, 0.6) is 5.75 Å². The van der Waals surface area contributed by atoms with Crippen molar-refractivity contribution >= 4 is 5.97 Å². The summed E-state index contributed by atoms with van der Waals surface area (Å²) in [6.07, 6.45) is 3.47. The third-order valence-corrected chi connectivity index (χ3v) is 2.01. The molecule has 0 aliphatic carbocycles. The molecule has 1 aliphatic heterocycles. The smallest absolute Gasteiger partial charge is 0.354 e. The van der Waals surface area contributed by atoms with E-state index in [9.17, 15) is 4.79 Å². The Morgan fingerprint density at radius 1 is 1.62 bits per heavy atom. The van der Waals surface area contributed by atoms with Crippen molar-refractivity contribution in [3.05, 3.63) is 23.5 Å². The maximum absolute atomic E-state index is 10.6. The van der Waals surface area contributed by atoms with Crippen molar-refractivity contribution in [1.29, 1.82) is 0 Å². The first-order valence-electron chi connectivity index (χ1n) is 4.12. The predicted octanol–water partition coefficient (Wildman–Crippen LogP) is 1.10. The third-order valence-electron chi connectivity index (χ3n) is 2.01. The second kappa shape index (κ2) is 3.05. The van der Waals surface area contributed by atoms with Crippen molar-refractivity contribution in [3.8, 4) is 5.75 Å². The number of nitrogens with zero attached hydrogens (tertiary/aromatic N) is 1. The number of hydrogen-bond acceptors (Lipinski definition) is 3. The van der Waals surface area contributed by atoms with Crippen molar-refractivity contribution in [3.63, 3.8) is 0 Å². The fourth-order valence-electron chi connectivity index (χ4n) is 1.35. The van der Waals surface area contributed by atoms with Gasteiger partial charge in [0.2, 0.25) is 0 Å². The molecule has 1 aliphatic rings. The monoisotopic (exact) mass is 179 g/mol. The Hall–Kier alpha value is -1.58. The van der Waals surface area contributed by atoms with Gasteiger partial charge in [-0.1, -0.05) is 0 Å². The van der Waals surface area contributed by atoms with Gasteiger partial charge in [-0.2, -0.15) is 0 Å². The molecule has 13 heavy (non-hydrogen) atoms. The number of carboxylic acid groups (broad SMARTS) is 1. The number of carboxylic acids is 1. The summed E-state index contributed by atoms with van der Waals surface area (Å²) in [5.41, 5.74) is 1.04. The van der Waals surface area contributed by atoms with E-state index in [0.29, 0.717) is 12.4 Å². The van der Waals surface area contributed by atoms with E-state index in [-0.39, 0.29) is 5.69 Å². The Morgan fingerprint density at radius 3 is 3.23 bits per heavy atom. The van der Waals surface area contributed by atoms with E-state index >= 15 is 0 Å². The summed E-state index contributed by atoms with van der Waals surface area (Å²) in [7, 11) is 0. The Morgan fingerprint density at radius 2 is 2.46 bits per heavy atom. The Kier molecular flexibility index (Phi) is 1.88. The molecule has 68 valence electrons. The van der Waals surface area contributed by atoms with Gasteiger partial charge in [0.1, 0.15) is 5.75 Å². The lowest BCUT2D eigenvalue weighted by atomic mass is 10.1. The first kappa shape index (κ1) is 8.04. The number of hydrogen-bond donors (Lipinski definition) is 1. The van der Waals surface area contributed by atoms with E-state index in [0.717, 1.165) is 18.4 Å². The van der Waals surface area contributed by atoms with Crippen LogP contribution in [0.15, 0.2) is 12.3 Å². The molecule has 1 N–H and O–H groups in total. The lowest BCUT2D eigenvalue weighted by Crippen LogP contribution is -2.10. The summed E-state index contributed by atoms with van der Waals surface area (Å²) in [5.74, 6) is -0.351. The number of pyridine rings is 1. The number of aromatic nitrogens is 1. The zero-order valence-electron chi connectivity index (χ0n) is 6.99. The van der Waals surface area contributed by atoms with Crippen molar-refractivity contribution in [2.24, 2.45) is 0 Å². The molecule has 2 heterocycles. The van der Waals surface area contributed by atoms with Crippen LogP contribution in [0, 0.1) is 0 Å². The second-order valence-corrected chi connectivity index (χ2v) is 2.93. The summed E-state index contributed by atoms with van der Waals surface area (Å²) in [6, 6.07) is 1.48. The predicted molar refractivity (Wildman–Crippen MR) is 45.0 cm³/mol. The molecule has 0 fully saturated rings. The highest BCUT2D eigenvalue weighted by molar-refractivity contribution is 5.85. The van der Waals surface area contributed by atoms with Crippen molar-refractivity contribution < 1.29 is 14.6 Å². The van der Waals surface area contributed by atoms with Crippen LogP contribution < -0.4 is 4.74 Å². The average molecular weight is 179 g/mol. The van der Waals surface area contributed by atoms with Gasteiger partial charge in [0.25, 0.3) is 0 Å². The minimum absolute atomic E-state index is 0.0423. The molecule has 2 rings (SSSR count). The summed E-state index contributed by atoms with van der Waals surface area (Å²) in [5, 5.41) is 8.67. The highest BCUT2D eigenvalue weighted by Gasteiger charge is 2.13. The fourth-order valence-corrected chi connectivity index (χ4v) is 1.35. The standard InChI is InChI=1S/C9H9NO3/c11-9(12)7-4-8-6(5-10-7)2-1-3-13-8/h4-5H,1-3H2,(H,11,12). The van der Waals surface area contributed by atoms with Crippen LogP contribution in [0.4, 0.5) is 0 Å². The van der Waals surface area contributed by atoms with Crippen LogP contribution in [0.2, 0.25) is 0 Å². The van der Waals surface area contributed by atoms with Crippen LogP contribution in [0.3, 0.4) is 0 Å². The normalized spacial score (nSPS) is 14.5. The molecule has 4 nitrogen and oxygen atoms in total. The van der Waals surface area contributed by atoms with Crippen LogP contribution in [0.1, 0.15) is 22.5 Å². The summed E-state index contributed by atoms with van der Waals surface area (Å²) in [6.45, 7) is 0.663. The van der Waals surface area contributed by atoms with E-state index in [2.05, 4.69) is 4.98 Å². The number of rotatable bonds is 1. The Bertz CT molecular complexity index is 349. The lowest BCUT2D eigenvalue weighted by Gasteiger charge is -2.16. The SMILES string of the molecule is O=C(O)c1cc2c(cn1)CCCO2. The van der Waals surface area contributed by atoms with Gasteiger partial charge in [0, 0.05) is 17.8 Å². The molecule has 0 bridgehead atoms. The number of aromatic carboxylic acids is 1. The molecule has 0 atom stereocenters. The van der Waals surface area contributed by atoms with Gasteiger partial charge in [0.05, 0.1) is 6.61 Å². The molecule has 0 spiro atoms. The molecular weight excluding hydrogens is 170 g/mol. The van der Waals surface area contributed by atoms with Crippen molar-refractivity contribution in [1.82, 2.24) is 4.98 Å². The molecule has 0 saturated heterocycles. The van der Waals surface area contributed by atoms with Crippen LogP contribution in [0.25, 0.3) is 0 Å². The van der Waals surface area contributed by atoms with Gasteiger partial charge in [-0.15, -0.1) is 0 Å². The second-order valence-electron chi connectivity index (χ2n) is 2.93. The molecule has 0 saturated carbocycles. The summed E-state index contributed by atoms with van der Waals surface area (Å²) in [4.78, 5) is 14.4. The summed E-state index contributed by atoms with van der Waals surface area (Å²) < 4.78 is 5.31. The lowest BCUT2D eigenvalue weighted by molar-refractivity contribution is 0.0689. The molecule has 1 aromatic heterocycles. The van der Waals surface area contributed by atoms with Crippen LogP contribution in [-0.2, 0) is 6.42 Å². The van der Waals surface area contributed by atoms with E-state index < -0.39 is 5.97 Å². The maximum atomic E-state index is 10.6. The highest BCUT2D eigenvalue weighted by Crippen LogP contribution is 2.24. The van der Waals surface area contributed by atoms with E-state index in [1.54, 1.807) is 6.20 Å². The van der Waals surface area contributed by atoms with E-state index in [1.165, 1.54) is 6.07 Å². The quantitative estimate of drug-likeness (QED) is 0.701. The number of aryl methyl sites for hydroxylation is 1. The third kappa shape index (κ3) is 1.47. The molecular formula is C9H9NO3. The van der Waals surface area contributed by atoms with Crippen LogP contribution in [-0.4, -0.2) is 22.7 Å². The molecule has 0 amide bonds. The van der Waals surface area contributed by atoms with E-state index in [1.807, 2.05) is 0 Å². The molecule has 4 heteroatoms. The van der Waals surface area contributed by atoms with Gasteiger partial charge < -0.3 is 9.84 Å². The minimum Gasteiger partial charge on any atom is -0.493 e. The largest absolute Gasteiger partial charge is 0.493 e.